The van der Waals surface area contributed by atoms with Gasteiger partial charge >= 0.3 is 8.56 Å². The molecule has 2 aliphatic rings. The van der Waals surface area contributed by atoms with E-state index in [1.165, 1.54) is 0 Å². The van der Waals surface area contributed by atoms with Crippen molar-refractivity contribution in [2.45, 2.75) is 12.6 Å². The summed E-state index contributed by atoms with van der Waals surface area (Å²) in [5.41, 5.74) is 0. The van der Waals surface area contributed by atoms with Crippen molar-refractivity contribution in [2.24, 2.45) is 17.8 Å². The van der Waals surface area contributed by atoms with Crippen LogP contribution in [0.2, 0.25) is 12.6 Å². The maximum absolute atomic E-state index is 5.66. The molecule has 0 N–H and O–H groups in total. The van der Waals surface area contributed by atoms with E-state index in [1.54, 1.807) is 14.2 Å². The Kier molecular flexibility index (Phi) is 4.38. The molecular formula is C15H22O2Si. The third kappa shape index (κ3) is 2.91. The second-order valence-electron chi connectivity index (χ2n) is 5.10. The van der Waals surface area contributed by atoms with Gasteiger partial charge in [-0.25, -0.2) is 0 Å². The van der Waals surface area contributed by atoms with E-state index in [0.717, 1.165) is 6.04 Å². The molecule has 0 bridgehead atoms. The first-order valence-electron chi connectivity index (χ1n) is 6.49. The maximum atomic E-state index is 5.66. The van der Waals surface area contributed by atoms with Crippen LogP contribution in [0.5, 0.6) is 0 Å². The van der Waals surface area contributed by atoms with Crippen LogP contribution in [0.25, 0.3) is 0 Å². The fourth-order valence-electron chi connectivity index (χ4n) is 2.68. The van der Waals surface area contributed by atoms with E-state index in [-0.39, 0.29) is 0 Å². The molecule has 98 valence electrons. The van der Waals surface area contributed by atoms with Crippen molar-refractivity contribution < 1.29 is 8.85 Å². The third-order valence-corrected chi connectivity index (χ3v) is 6.95. The Morgan fingerprint density at radius 3 is 1.61 bits per heavy atom. The first-order chi connectivity index (χ1) is 8.68. The average molecular weight is 262 g/mol. The highest BCUT2D eigenvalue weighted by Crippen LogP contribution is 2.37. The summed E-state index contributed by atoms with van der Waals surface area (Å²) in [5, 5.41) is 0. The summed E-state index contributed by atoms with van der Waals surface area (Å²) in [6.07, 6.45) is 17.7. The summed E-state index contributed by atoms with van der Waals surface area (Å²) in [4.78, 5) is 0. The second-order valence-corrected chi connectivity index (χ2v) is 8.60. The molecule has 2 aliphatic carbocycles. The largest absolute Gasteiger partial charge is 0.398 e. The first kappa shape index (κ1) is 13.5. The van der Waals surface area contributed by atoms with Gasteiger partial charge < -0.3 is 8.85 Å². The van der Waals surface area contributed by atoms with Gasteiger partial charge in [-0.3, -0.25) is 0 Å². The maximum Gasteiger partial charge on any atom is 0.334 e. The van der Waals surface area contributed by atoms with E-state index in [1.807, 2.05) is 0 Å². The minimum Gasteiger partial charge on any atom is -0.398 e. The summed E-state index contributed by atoms with van der Waals surface area (Å²) in [7, 11) is 1.51. The lowest BCUT2D eigenvalue weighted by molar-refractivity contribution is 0.234. The van der Waals surface area contributed by atoms with Gasteiger partial charge in [0, 0.05) is 14.2 Å². The Morgan fingerprint density at radius 2 is 1.28 bits per heavy atom. The first-order valence-corrected chi connectivity index (χ1v) is 9.01. The van der Waals surface area contributed by atoms with Gasteiger partial charge in [-0.05, 0) is 30.3 Å². The van der Waals surface area contributed by atoms with Crippen LogP contribution in [0.4, 0.5) is 0 Å². The molecule has 0 saturated heterocycles. The number of rotatable bonds is 6. The molecule has 0 amide bonds. The zero-order valence-electron chi connectivity index (χ0n) is 11.4. The van der Waals surface area contributed by atoms with E-state index in [2.05, 4.69) is 55.2 Å². The predicted octanol–water partition coefficient (Wildman–Crippen LogP) is 3.45. The molecule has 0 heterocycles. The number of allylic oxidation sites excluding steroid dienone is 8. The summed E-state index contributed by atoms with van der Waals surface area (Å²) in [6.45, 7) is 2.14. The van der Waals surface area contributed by atoms with Crippen LogP contribution in [0.1, 0.15) is 0 Å². The van der Waals surface area contributed by atoms with Crippen LogP contribution >= 0.6 is 0 Å². The van der Waals surface area contributed by atoms with Gasteiger partial charge in [0.2, 0.25) is 0 Å². The highest BCUT2D eigenvalue weighted by atomic mass is 28.4. The standard InChI is InChI=1S/C15H22O2Si/c1-16-18(3,17-2)12-15(13-8-4-5-9-13)14-10-6-7-11-14/h4-11,13-15H,12H2,1-3H3. The molecule has 0 fully saturated rings. The lowest BCUT2D eigenvalue weighted by atomic mass is 9.84. The fourth-order valence-corrected chi connectivity index (χ4v) is 4.58. The normalized spacial score (nSPS) is 19.8. The molecule has 0 unspecified atom stereocenters. The van der Waals surface area contributed by atoms with Crippen LogP contribution in [0.15, 0.2) is 48.6 Å². The molecule has 2 rings (SSSR count). The molecule has 0 aromatic carbocycles. The Morgan fingerprint density at radius 1 is 0.889 bits per heavy atom. The molecule has 0 spiro atoms. The van der Waals surface area contributed by atoms with Crippen molar-refractivity contribution >= 4 is 8.56 Å². The van der Waals surface area contributed by atoms with Crippen molar-refractivity contribution in [3.05, 3.63) is 48.6 Å². The molecule has 0 aliphatic heterocycles. The summed E-state index contributed by atoms with van der Waals surface area (Å²) >= 11 is 0. The zero-order valence-corrected chi connectivity index (χ0v) is 12.4. The summed E-state index contributed by atoms with van der Waals surface area (Å²) in [6, 6.07) is 1.01. The molecule has 2 nitrogen and oxygen atoms in total. The Hall–Kier alpha value is -0.903. The van der Waals surface area contributed by atoms with Gasteiger partial charge in [0.15, 0.2) is 0 Å². The van der Waals surface area contributed by atoms with Crippen molar-refractivity contribution in [2.75, 3.05) is 14.2 Å². The van der Waals surface area contributed by atoms with E-state index in [0.29, 0.717) is 17.8 Å². The Labute approximate surface area is 111 Å². The quantitative estimate of drug-likeness (QED) is 0.683. The highest BCUT2D eigenvalue weighted by molar-refractivity contribution is 6.66. The van der Waals surface area contributed by atoms with Crippen molar-refractivity contribution in [3.63, 3.8) is 0 Å². The molecule has 0 saturated carbocycles. The summed E-state index contributed by atoms with van der Waals surface area (Å²) < 4.78 is 11.3. The van der Waals surface area contributed by atoms with E-state index in [4.69, 9.17) is 8.85 Å². The van der Waals surface area contributed by atoms with Gasteiger partial charge in [-0.2, -0.15) is 0 Å². The van der Waals surface area contributed by atoms with Crippen LogP contribution < -0.4 is 0 Å². The van der Waals surface area contributed by atoms with Crippen molar-refractivity contribution in [3.8, 4) is 0 Å². The molecule has 0 atom stereocenters. The lowest BCUT2D eigenvalue weighted by Crippen LogP contribution is -2.40. The van der Waals surface area contributed by atoms with Gasteiger partial charge in [-0.1, -0.05) is 48.6 Å². The van der Waals surface area contributed by atoms with E-state index >= 15 is 0 Å². The smallest absolute Gasteiger partial charge is 0.334 e. The SMILES string of the molecule is CO[Si](C)(CC(C1C=CC=C1)C1C=CC=C1)OC. The van der Waals surface area contributed by atoms with Crippen molar-refractivity contribution in [1.82, 2.24) is 0 Å². The lowest BCUT2D eigenvalue weighted by Gasteiger charge is -2.32. The van der Waals surface area contributed by atoms with Gasteiger partial charge in [0.05, 0.1) is 0 Å². The molecule has 18 heavy (non-hydrogen) atoms. The highest BCUT2D eigenvalue weighted by Gasteiger charge is 2.37. The van der Waals surface area contributed by atoms with Gasteiger partial charge in [-0.15, -0.1) is 0 Å². The van der Waals surface area contributed by atoms with Crippen molar-refractivity contribution in [1.29, 1.82) is 0 Å². The Bertz CT molecular complexity index is 339. The molecule has 3 heteroatoms. The zero-order chi connectivity index (χ0) is 13.0. The minimum absolute atomic E-state index is 0.500. The Balaban J connectivity index is 2.14. The van der Waals surface area contributed by atoms with Crippen LogP contribution in [-0.2, 0) is 8.85 Å². The predicted molar refractivity (Wildman–Crippen MR) is 77.5 cm³/mol. The molecular weight excluding hydrogens is 240 g/mol. The summed E-state index contributed by atoms with van der Waals surface area (Å²) in [5.74, 6) is 1.53. The molecule has 0 radical (unpaired) electrons. The van der Waals surface area contributed by atoms with E-state index < -0.39 is 8.56 Å². The van der Waals surface area contributed by atoms with Crippen LogP contribution in [0.3, 0.4) is 0 Å². The topological polar surface area (TPSA) is 18.5 Å². The molecule has 0 aromatic rings. The fraction of sp³-hybridized carbons (Fsp3) is 0.467. The van der Waals surface area contributed by atoms with E-state index in [9.17, 15) is 0 Å². The number of hydrogen-bond acceptors (Lipinski definition) is 2. The monoisotopic (exact) mass is 262 g/mol. The van der Waals surface area contributed by atoms with Crippen LogP contribution in [0, 0.1) is 17.8 Å². The average Bonchev–Trinajstić information content (AvgIpc) is 3.08. The minimum atomic E-state index is -2.03. The van der Waals surface area contributed by atoms with Crippen LogP contribution in [-0.4, -0.2) is 22.8 Å². The number of hydrogen-bond donors (Lipinski definition) is 0. The van der Waals surface area contributed by atoms with Gasteiger partial charge in [0.1, 0.15) is 0 Å². The van der Waals surface area contributed by atoms with Gasteiger partial charge in [0.25, 0.3) is 0 Å². The molecule has 0 aromatic heterocycles. The second kappa shape index (κ2) is 5.82. The third-order valence-electron chi connectivity index (χ3n) is 4.01.